The van der Waals surface area contributed by atoms with Gasteiger partial charge in [0.2, 0.25) is 5.71 Å². The van der Waals surface area contributed by atoms with Gasteiger partial charge >= 0.3 is 0 Å². The average Bonchev–Trinajstić information content (AvgIpc) is 3.17. The SMILES string of the molecule is O=C(/C=C/c1cnc2occc2c1)CCCCc1ccc2c(n1)NCCC2. The van der Waals surface area contributed by atoms with Gasteiger partial charge in [-0.15, -0.1) is 0 Å². The maximum Gasteiger partial charge on any atom is 0.225 e. The lowest BCUT2D eigenvalue weighted by Gasteiger charge is -2.17. The molecule has 0 saturated heterocycles. The molecule has 0 saturated carbocycles. The average molecular weight is 361 g/mol. The fourth-order valence-corrected chi connectivity index (χ4v) is 3.35. The van der Waals surface area contributed by atoms with Gasteiger partial charge in [-0.2, -0.15) is 0 Å². The molecule has 0 fully saturated rings. The summed E-state index contributed by atoms with van der Waals surface area (Å²) in [6.07, 6.45) is 12.4. The van der Waals surface area contributed by atoms with Crippen molar-refractivity contribution in [3.63, 3.8) is 0 Å². The van der Waals surface area contributed by atoms with Crippen LogP contribution < -0.4 is 5.32 Å². The van der Waals surface area contributed by atoms with Gasteiger partial charge < -0.3 is 9.73 Å². The number of carbonyl (C=O) groups excluding carboxylic acids is 1. The van der Waals surface area contributed by atoms with Crippen molar-refractivity contribution in [2.75, 3.05) is 11.9 Å². The summed E-state index contributed by atoms with van der Waals surface area (Å²) in [6, 6.07) is 8.13. The molecular formula is C22H23N3O2. The van der Waals surface area contributed by atoms with E-state index in [1.54, 1.807) is 18.5 Å². The molecule has 0 bridgehead atoms. The van der Waals surface area contributed by atoms with Gasteiger partial charge in [0, 0.05) is 30.2 Å². The van der Waals surface area contributed by atoms with Crippen molar-refractivity contribution >= 4 is 28.8 Å². The van der Waals surface area contributed by atoms with Crippen molar-refractivity contribution in [3.8, 4) is 0 Å². The third-order valence-electron chi connectivity index (χ3n) is 4.85. The predicted octanol–water partition coefficient (Wildman–Crippen LogP) is 4.58. The van der Waals surface area contributed by atoms with Crippen LogP contribution in [0.2, 0.25) is 0 Å². The van der Waals surface area contributed by atoms with Crippen LogP contribution in [0.4, 0.5) is 5.82 Å². The highest BCUT2D eigenvalue weighted by atomic mass is 16.3. The molecule has 27 heavy (non-hydrogen) atoms. The van der Waals surface area contributed by atoms with Gasteiger partial charge in [-0.25, -0.2) is 9.97 Å². The zero-order valence-electron chi connectivity index (χ0n) is 15.3. The Hall–Kier alpha value is -2.95. The molecule has 5 nitrogen and oxygen atoms in total. The van der Waals surface area contributed by atoms with Crippen LogP contribution in [0.1, 0.15) is 42.5 Å². The lowest BCUT2D eigenvalue weighted by molar-refractivity contribution is -0.114. The van der Waals surface area contributed by atoms with E-state index in [0.29, 0.717) is 12.1 Å². The Morgan fingerprint density at radius 1 is 1.26 bits per heavy atom. The van der Waals surface area contributed by atoms with Gasteiger partial charge in [0.25, 0.3) is 0 Å². The molecule has 4 rings (SSSR count). The first kappa shape index (κ1) is 17.5. The zero-order valence-corrected chi connectivity index (χ0v) is 15.3. The molecular weight excluding hydrogens is 338 g/mol. The number of nitrogens with one attached hydrogen (secondary N) is 1. The number of aromatic nitrogens is 2. The Morgan fingerprint density at radius 2 is 2.22 bits per heavy atom. The van der Waals surface area contributed by atoms with Crippen molar-refractivity contribution in [2.24, 2.45) is 0 Å². The third kappa shape index (κ3) is 4.42. The number of aryl methyl sites for hydroxylation is 2. The van der Waals surface area contributed by atoms with E-state index in [1.165, 1.54) is 12.0 Å². The number of allylic oxidation sites excluding steroid dienone is 1. The molecule has 1 aliphatic heterocycles. The number of hydrogen-bond acceptors (Lipinski definition) is 5. The highest BCUT2D eigenvalue weighted by molar-refractivity contribution is 5.93. The van der Waals surface area contributed by atoms with Crippen molar-refractivity contribution in [1.82, 2.24) is 9.97 Å². The smallest absolute Gasteiger partial charge is 0.225 e. The van der Waals surface area contributed by atoms with Crippen LogP contribution in [0.5, 0.6) is 0 Å². The fraction of sp³-hybridized carbons (Fsp3) is 0.318. The lowest BCUT2D eigenvalue weighted by atomic mass is 10.0. The Morgan fingerprint density at radius 3 is 3.19 bits per heavy atom. The van der Waals surface area contributed by atoms with E-state index in [2.05, 4.69) is 22.4 Å². The number of fused-ring (bicyclic) bond motifs is 2. The van der Waals surface area contributed by atoms with Crippen LogP contribution in [0.25, 0.3) is 17.2 Å². The molecule has 4 heterocycles. The zero-order chi connectivity index (χ0) is 18.5. The van der Waals surface area contributed by atoms with Crippen molar-refractivity contribution < 1.29 is 9.21 Å². The van der Waals surface area contributed by atoms with Crippen molar-refractivity contribution in [1.29, 1.82) is 0 Å². The van der Waals surface area contributed by atoms with Gasteiger partial charge in [-0.05, 0) is 73.6 Å². The predicted molar refractivity (Wildman–Crippen MR) is 107 cm³/mol. The summed E-state index contributed by atoms with van der Waals surface area (Å²) in [5.41, 5.74) is 3.94. The second-order valence-electron chi connectivity index (χ2n) is 6.93. The van der Waals surface area contributed by atoms with Crippen LogP contribution in [-0.4, -0.2) is 22.3 Å². The molecule has 1 N–H and O–H groups in total. The minimum atomic E-state index is 0.141. The number of nitrogens with zero attached hydrogens (tertiary/aromatic N) is 2. The second kappa shape index (κ2) is 8.16. The first-order valence-electron chi connectivity index (χ1n) is 9.55. The van der Waals surface area contributed by atoms with Crippen LogP contribution >= 0.6 is 0 Å². The molecule has 138 valence electrons. The summed E-state index contributed by atoms with van der Waals surface area (Å²) in [5, 5.41) is 4.31. The van der Waals surface area contributed by atoms with Gasteiger partial charge in [-0.1, -0.05) is 6.07 Å². The number of furan rings is 1. The highest BCUT2D eigenvalue weighted by Crippen LogP contribution is 2.20. The minimum Gasteiger partial charge on any atom is -0.446 e. The monoisotopic (exact) mass is 361 g/mol. The van der Waals surface area contributed by atoms with Crippen molar-refractivity contribution in [3.05, 3.63) is 59.6 Å². The standard InChI is InChI=1S/C22H23N3O2/c26-20(10-7-16-14-18-11-13-27-22(18)24-15-16)6-2-1-5-19-9-8-17-4-3-12-23-21(17)25-19/h7-11,13-15H,1-6,12H2,(H,23,25)/b10-7+. The normalized spacial score (nSPS) is 13.6. The van der Waals surface area contributed by atoms with E-state index in [9.17, 15) is 4.79 Å². The van der Waals surface area contributed by atoms with Gasteiger partial charge in [0.05, 0.1) is 6.26 Å². The number of ketones is 1. The Balaban J connectivity index is 1.23. The first-order valence-corrected chi connectivity index (χ1v) is 9.55. The van der Waals surface area contributed by atoms with E-state index in [1.807, 2.05) is 18.2 Å². The summed E-state index contributed by atoms with van der Waals surface area (Å²) in [6.45, 7) is 1.01. The van der Waals surface area contributed by atoms with E-state index < -0.39 is 0 Å². The molecule has 0 radical (unpaired) electrons. The van der Waals surface area contributed by atoms with Crippen LogP contribution in [-0.2, 0) is 17.6 Å². The van der Waals surface area contributed by atoms with Crippen LogP contribution in [0, 0.1) is 0 Å². The fourth-order valence-electron chi connectivity index (χ4n) is 3.35. The maximum atomic E-state index is 12.1. The van der Waals surface area contributed by atoms with E-state index >= 15 is 0 Å². The topological polar surface area (TPSA) is 68.0 Å². The molecule has 0 atom stereocenters. The Kier molecular flexibility index (Phi) is 5.28. The Bertz CT molecular complexity index is 975. The second-order valence-corrected chi connectivity index (χ2v) is 6.93. The first-order chi connectivity index (χ1) is 13.3. The minimum absolute atomic E-state index is 0.141. The summed E-state index contributed by atoms with van der Waals surface area (Å²) >= 11 is 0. The van der Waals surface area contributed by atoms with E-state index in [0.717, 1.165) is 54.7 Å². The molecule has 1 aliphatic rings. The lowest BCUT2D eigenvalue weighted by Crippen LogP contribution is -2.14. The molecule has 0 amide bonds. The molecule has 3 aromatic rings. The maximum absolute atomic E-state index is 12.1. The van der Waals surface area contributed by atoms with Crippen LogP contribution in [0.15, 0.2) is 47.2 Å². The summed E-state index contributed by atoms with van der Waals surface area (Å²) in [4.78, 5) is 21.0. The number of anilines is 1. The molecule has 0 unspecified atom stereocenters. The number of pyridine rings is 2. The summed E-state index contributed by atoms with van der Waals surface area (Å²) in [7, 11) is 0. The number of hydrogen-bond donors (Lipinski definition) is 1. The van der Waals surface area contributed by atoms with Gasteiger partial charge in [0.1, 0.15) is 5.82 Å². The molecule has 0 spiro atoms. The van der Waals surface area contributed by atoms with Gasteiger partial charge in [-0.3, -0.25) is 4.79 Å². The molecule has 3 aromatic heterocycles. The summed E-state index contributed by atoms with van der Waals surface area (Å²) in [5.74, 6) is 1.18. The number of rotatable bonds is 7. The number of carbonyl (C=O) groups is 1. The molecule has 0 aromatic carbocycles. The Labute approximate surface area is 158 Å². The number of unbranched alkanes of at least 4 members (excludes halogenated alkanes) is 1. The third-order valence-corrected chi connectivity index (χ3v) is 4.85. The molecule has 0 aliphatic carbocycles. The van der Waals surface area contributed by atoms with Crippen LogP contribution in [0.3, 0.4) is 0 Å². The molecule has 5 heteroatoms. The van der Waals surface area contributed by atoms with E-state index in [-0.39, 0.29) is 5.78 Å². The quantitative estimate of drug-likeness (QED) is 0.493. The highest BCUT2D eigenvalue weighted by Gasteiger charge is 2.10. The largest absolute Gasteiger partial charge is 0.446 e. The van der Waals surface area contributed by atoms with E-state index in [4.69, 9.17) is 9.40 Å². The summed E-state index contributed by atoms with van der Waals surface area (Å²) < 4.78 is 5.22. The van der Waals surface area contributed by atoms with Crippen molar-refractivity contribution in [2.45, 2.75) is 38.5 Å². The van der Waals surface area contributed by atoms with Gasteiger partial charge in [0.15, 0.2) is 5.78 Å².